The van der Waals surface area contributed by atoms with Crippen LogP contribution in [0.3, 0.4) is 0 Å². The average Bonchev–Trinajstić information content (AvgIpc) is 2.69. The number of morpholine rings is 1. The van der Waals surface area contributed by atoms with Crippen LogP contribution in [0.4, 0.5) is 5.82 Å². The van der Waals surface area contributed by atoms with E-state index >= 15 is 0 Å². The number of nitrogens with zero attached hydrogens (tertiary/aromatic N) is 2. The van der Waals surface area contributed by atoms with Crippen LogP contribution in [0, 0.1) is 0 Å². The monoisotopic (exact) mass is 233 g/mol. The van der Waals surface area contributed by atoms with Crippen LogP contribution in [-0.2, 0) is 11.3 Å². The van der Waals surface area contributed by atoms with E-state index in [0.717, 1.165) is 31.1 Å². The van der Waals surface area contributed by atoms with Gasteiger partial charge in [-0.2, -0.15) is 0 Å². The smallest absolute Gasteiger partial charge is 0.129 e. The SMILES string of the molecule is CNCc1cccc(N2CC3CCC(C2)O3)n1. The van der Waals surface area contributed by atoms with Gasteiger partial charge in [0.25, 0.3) is 0 Å². The first-order chi connectivity index (χ1) is 8.35. The number of aromatic nitrogens is 1. The molecule has 2 bridgehead atoms. The number of hydrogen-bond donors (Lipinski definition) is 1. The van der Waals surface area contributed by atoms with E-state index in [1.165, 1.54) is 12.8 Å². The summed E-state index contributed by atoms with van der Waals surface area (Å²) in [6.07, 6.45) is 3.25. The molecule has 2 fully saturated rings. The maximum Gasteiger partial charge on any atom is 0.129 e. The van der Waals surface area contributed by atoms with Crippen LogP contribution < -0.4 is 10.2 Å². The van der Waals surface area contributed by atoms with Crippen LogP contribution in [-0.4, -0.2) is 37.3 Å². The van der Waals surface area contributed by atoms with Gasteiger partial charge in [0, 0.05) is 19.6 Å². The fourth-order valence-electron chi connectivity index (χ4n) is 2.72. The van der Waals surface area contributed by atoms with Crippen LogP contribution in [0.2, 0.25) is 0 Å². The Kier molecular flexibility index (Phi) is 2.99. The van der Waals surface area contributed by atoms with Gasteiger partial charge in [0.05, 0.1) is 17.9 Å². The van der Waals surface area contributed by atoms with Gasteiger partial charge in [-0.3, -0.25) is 0 Å². The zero-order valence-corrected chi connectivity index (χ0v) is 10.2. The summed E-state index contributed by atoms with van der Waals surface area (Å²) in [5, 5.41) is 3.14. The molecule has 2 atom stereocenters. The lowest BCUT2D eigenvalue weighted by Gasteiger charge is -2.33. The minimum atomic E-state index is 0.420. The number of pyridine rings is 1. The summed E-state index contributed by atoms with van der Waals surface area (Å²) >= 11 is 0. The summed E-state index contributed by atoms with van der Waals surface area (Å²) in [7, 11) is 1.95. The number of rotatable bonds is 3. The molecule has 0 aliphatic carbocycles. The largest absolute Gasteiger partial charge is 0.371 e. The molecule has 2 unspecified atom stereocenters. The third-order valence-electron chi connectivity index (χ3n) is 3.52. The topological polar surface area (TPSA) is 37.4 Å². The zero-order chi connectivity index (χ0) is 11.7. The van der Waals surface area contributed by atoms with E-state index < -0.39 is 0 Å². The van der Waals surface area contributed by atoms with E-state index in [0.29, 0.717) is 12.2 Å². The highest BCUT2D eigenvalue weighted by Crippen LogP contribution is 2.28. The van der Waals surface area contributed by atoms with E-state index in [2.05, 4.69) is 28.4 Å². The lowest BCUT2D eigenvalue weighted by molar-refractivity contribution is 0.0302. The molecule has 0 spiro atoms. The second-order valence-corrected chi connectivity index (χ2v) is 4.88. The molecule has 2 saturated heterocycles. The van der Waals surface area contributed by atoms with Crippen molar-refractivity contribution in [3.8, 4) is 0 Å². The number of nitrogens with one attached hydrogen (secondary N) is 1. The predicted molar refractivity (Wildman–Crippen MR) is 67.1 cm³/mol. The Hall–Kier alpha value is -1.13. The highest BCUT2D eigenvalue weighted by Gasteiger charge is 2.34. The van der Waals surface area contributed by atoms with Crippen molar-refractivity contribution in [1.82, 2.24) is 10.3 Å². The van der Waals surface area contributed by atoms with E-state index in [4.69, 9.17) is 9.72 Å². The fraction of sp³-hybridized carbons (Fsp3) is 0.615. The number of anilines is 1. The van der Waals surface area contributed by atoms with Crippen LogP contribution in [0.25, 0.3) is 0 Å². The quantitative estimate of drug-likeness (QED) is 0.850. The molecule has 17 heavy (non-hydrogen) atoms. The summed E-state index contributed by atoms with van der Waals surface area (Å²) in [5.41, 5.74) is 1.10. The Bertz CT molecular complexity index is 384. The molecule has 3 rings (SSSR count). The second-order valence-electron chi connectivity index (χ2n) is 4.88. The maximum absolute atomic E-state index is 5.84. The van der Waals surface area contributed by atoms with Gasteiger partial charge in [-0.05, 0) is 32.0 Å². The molecular formula is C13H19N3O. The van der Waals surface area contributed by atoms with Crippen molar-refractivity contribution in [1.29, 1.82) is 0 Å². The van der Waals surface area contributed by atoms with Crippen molar-refractivity contribution in [3.05, 3.63) is 23.9 Å². The molecule has 92 valence electrons. The minimum absolute atomic E-state index is 0.420. The molecule has 2 aliphatic heterocycles. The Morgan fingerprint density at radius 3 is 2.82 bits per heavy atom. The van der Waals surface area contributed by atoms with E-state index in [1.54, 1.807) is 0 Å². The van der Waals surface area contributed by atoms with Gasteiger partial charge in [-0.25, -0.2) is 4.98 Å². The minimum Gasteiger partial charge on any atom is -0.371 e. The summed E-state index contributed by atoms with van der Waals surface area (Å²) in [4.78, 5) is 7.06. The molecule has 0 amide bonds. The summed E-state index contributed by atoms with van der Waals surface area (Å²) in [6, 6.07) is 6.26. The number of ether oxygens (including phenoxy) is 1. The Labute approximate surface area is 102 Å². The highest BCUT2D eigenvalue weighted by atomic mass is 16.5. The molecule has 4 nitrogen and oxygen atoms in total. The maximum atomic E-state index is 5.84. The van der Waals surface area contributed by atoms with E-state index in [1.807, 2.05) is 7.05 Å². The zero-order valence-electron chi connectivity index (χ0n) is 10.2. The molecule has 0 aromatic carbocycles. The van der Waals surface area contributed by atoms with Crippen molar-refractivity contribution < 1.29 is 4.74 Å². The normalized spacial score (nSPS) is 27.5. The molecule has 2 aliphatic rings. The molecule has 0 saturated carbocycles. The highest BCUT2D eigenvalue weighted by molar-refractivity contribution is 5.40. The van der Waals surface area contributed by atoms with Crippen LogP contribution >= 0.6 is 0 Å². The van der Waals surface area contributed by atoms with Crippen LogP contribution in [0.1, 0.15) is 18.5 Å². The summed E-state index contributed by atoms with van der Waals surface area (Å²) in [5.74, 6) is 1.10. The first-order valence-corrected chi connectivity index (χ1v) is 6.36. The molecule has 1 N–H and O–H groups in total. The average molecular weight is 233 g/mol. The lowest BCUT2D eigenvalue weighted by Crippen LogP contribution is -2.43. The number of hydrogen-bond acceptors (Lipinski definition) is 4. The Balaban J connectivity index is 1.77. The lowest BCUT2D eigenvalue weighted by atomic mass is 10.2. The second kappa shape index (κ2) is 4.63. The predicted octanol–water partition coefficient (Wildman–Crippen LogP) is 1.17. The van der Waals surface area contributed by atoms with Crippen molar-refractivity contribution >= 4 is 5.82 Å². The Morgan fingerprint density at radius 1 is 1.35 bits per heavy atom. The van der Waals surface area contributed by atoms with Gasteiger partial charge in [-0.15, -0.1) is 0 Å². The van der Waals surface area contributed by atoms with Crippen molar-refractivity contribution in [3.63, 3.8) is 0 Å². The van der Waals surface area contributed by atoms with Gasteiger partial charge < -0.3 is 15.0 Å². The van der Waals surface area contributed by atoms with Gasteiger partial charge in [0.1, 0.15) is 5.82 Å². The van der Waals surface area contributed by atoms with Crippen LogP contribution in [0.5, 0.6) is 0 Å². The van der Waals surface area contributed by atoms with Gasteiger partial charge in [-0.1, -0.05) is 6.07 Å². The molecule has 0 radical (unpaired) electrons. The summed E-state index contributed by atoms with van der Waals surface area (Å²) in [6.45, 7) is 2.81. The molecule has 4 heteroatoms. The third-order valence-corrected chi connectivity index (χ3v) is 3.52. The Morgan fingerprint density at radius 2 is 2.12 bits per heavy atom. The third kappa shape index (κ3) is 2.28. The van der Waals surface area contributed by atoms with Gasteiger partial charge >= 0.3 is 0 Å². The van der Waals surface area contributed by atoms with Crippen molar-refractivity contribution in [2.24, 2.45) is 0 Å². The molecule has 1 aromatic rings. The standard InChI is InChI=1S/C13H19N3O/c1-14-7-10-3-2-4-13(15-10)16-8-11-5-6-12(9-16)17-11/h2-4,11-12,14H,5-9H2,1H3. The van der Waals surface area contributed by atoms with Gasteiger partial charge in [0.2, 0.25) is 0 Å². The van der Waals surface area contributed by atoms with Crippen molar-refractivity contribution in [2.45, 2.75) is 31.6 Å². The van der Waals surface area contributed by atoms with Crippen LogP contribution in [0.15, 0.2) is 18.2 Å². The van der Waals surface area contributed by atoms with E-state index in [-0.39, 0.29) is 0 Å². The fourth-order valence-corrected chi connectivity index (χ4v) is 2.72. The molecule has 3 heterocycles. The van der Waals surface area contributed by atoms with Crippen molar-refractivity contribution in [2.75, 3.05) is 25.0 Å². The summed E-state index contributed by atoms with van der Waals surface area (Å²) < 4.78 is 5.84. The molecule has 1 aromatic heterocycles. The van der Waals surface area contributed by atoms with E-state index in [9.17, 15) is 0 Å². The first-order valence-electron chi connectivity index (χ1n) is 6.36. The first kappa shape index (κ1) is 11.0. The molecular weight excluding hydrogens is 214 g/mol. The van der Waals surface area contributed by atoms with Gasteiger partial charge in [0.15, 0.2) is 0 Å². The number of fused-ring (bicyclic) bond motifs is 2.